The highest BCUT2D eigenvalue weighted by molar-refractivity contribution is 5.44. The molecule has 37 heavy (non-hydrogen) atoms. The van der Waals surface area contributed by atoms with Crippen molar-refractivity contribution in [2.24, 2.45) is 0 Å². The summed E-state index contributed by atoms with van der Waals surface area (Å²) in [7, 11) is 1.65. The number of hydrogen-bond acceptors (Lipinski definition) is 5. The van der Waals surface area contributed by atoms with Crippen LogP contribution in [0, 0.1) is 6.92 Å². The second-order valence-corrected chi connectivity index (χ2v) is 9.07. The van der Waals surface area contributed by atoms with Gasteiger partial charge in [-0.25, -0.2) is 4.68 Å². The Morgan fingerprint density at radius 2 is 1.59 bits per heavy atom. The maximum absolute atomic E-state index is 10.8. The minimum Gasteiger partial charge on any atom is -0.497 e. The highest BCUT2D eigenvalue weighted by Gasteiger charge is 2.23. The molecule has 0 unspecified atom stereocenters. The maximum Gasteiger partial charge on any atom is 0.227 e. The number of allylic oxidation sites excluding steroid dienone is 1. The van der Waals surface area contributed by atoms with E-state index in [0.29, 0.717) is 37.7 Å². The Morgan fingerprint density at radius 1 is 0.946 bits per heavy atom. The number of nitrogens with zero attached hydrogens (tertiary/aromatic N) is 3. The number of methoxy groups -OCH3 is 1. The zero-order valence-corrected chi connectivity index (χ0v) is 21.6. The molecular weight excluding hydrogens is 462 g/mol. The molecular formula is C31H35N3O3. The lowest BCUT2D eigenvalue weighted by atomic mass is 10.1. The lowest BCUT2D eigenvalue weighted by Crippen LogP contribution is -2.32. The van der Waals surface area contributed by atoms with Gasteiger partial charge in [-0.05, 0) is 61.7 Å². The molecule has 0 aliphatic heterocycles. The number of para-hydroxylation sites is 1. The normalized spacial score (nSPS) is 11.9. The van der Waals surface area contributed by atoms with Crippen molar-refractivity contribution >= 4 is 0 Å². The molecule has 4 aromatic rings. The first-order valence-corrected chi connectivity index (χ1v) is 12.6. The Bertz CT molecular complexity index is 1250. The van der Waals surface area contributed by atoms with Gasteiger partial charge in [0.2, 0.25) is 5.88 Å². The zero-order chi connectivity index (χ0) is 26.0. The van der Waals surface area contributed by atoms with Crippen molar-refractivity contribution in [1.82, 2.24) is 14.7 Å². The quantitative estimate of drug-likeness (QED) is 0.219. The lowest BCUT2D eigenvalue weighted by Gasteiger charge is -2.25. The summed E-state index contributed by atoms with van der Waals surface area (Å²) in [4.78, 5) is 2.25. The number of hydrogen-bond donors (Lipinski definition) is 1. The van der Waals surface area contributed by atoms with Crippen LogP contribution in [0.3, 0.4) is 0 Å². The Hall–Kier alpha value is -3.87. The molecule has 0 aliphatic rings. The van der Waals surface area contributed by atoms with Gasteiger partial charge in [0.1, 0.15) is 11.5 Å². The van der Waals surface area contributed by atoms with E-state index >= 15 is 0 Å². The molecule has 1 heterocycles. The van der Waals surface area contributed by atoms with Gasteiger partial charge < -0.3 is 14.6 Å². The van der Waals surface area contributed by atoms with Crippen LogP contribution in [0.5, 0.6) is 17.4 Å². The second kappa shape index (κ2) is 12.9. The molecule has 0 saturated heterocycles. The molecule has 0 bridgehead atoms. The monoisotopic (exact) mass is 497 g/mol. The van der Waals surface area contributed by atoms with E-state index in [1.54, 1.807) is 7.11 Å². The molecule has 6 nitrogen and oxygen atoms in total. The third kappa shape index (κ3) is 7.09. The number of aryl methyl sites for hydroxylation is 1. The third-order valence-corrected chi connectivity index (χ3v) is 6.22. The molecule has 0 radical (unpaired) electrons. The molecule has 192 valence electrons. The molecule has 1 aromatic heterocycles. The Kier molecular flexibility index (Phi) is 9.13. The van der Waals surface area contributed by atoms with Crippen LogP contribution in [-0.4, -0.2) is 39.5 Å². The standard InChI is InChI=1S/C31H35N3O3/c1-4-5-16-27(35)22-33(21-25-12-8-6-9-13-25)23-30-24(2)32-34(26-14-10-7-11-15-26)31(30)37-29-19-17-28(36-3)18-20-29/h4,6-15,17-20,27,35H,1,5,16,21-23H2,2-3H3/t27-/m0/s1. The predicted molar refractivity (Wildman–Crippen MR) is 147 cm³/mol. The number of aromatic nitrogens is 2. The minimum atomic E-state index is -0.461. The summed E-state index contributed by atoms with van der Waals surface area (Å²) in [5.74, 6) is 2.12. The number of benzene rings is 3. The smallest absolute Gasteiger partial charge is 0.227 e. The van der Waals surface area contributed by atoms with Gasteiger partial charge in [0.15, 0.2) is 0 Å². The highest BCUT2D eigenvalue weighted by Crippen LogP contribution is 2.32. The van der Waals surface area contributed by atoms with Crippen LogP contribution in [-0.2, 0) is 13.1 Å². The van der Waals surface area contributed by atoms with Crippen LogP contribution >= 0.6 is 0 Å². The highest BCUT2D eigenvalue weighted by atomic mass is 16.5. The molecule has 3 aromatic carbocycles. The summed E-state index contributed by atoms with van der Waals surface area (Å²) in [5.41, 5.74) is 3.96. The Morgan fingerprint density at radius 3 is 2.24 bits per heavy atom. The van der Waals surface area contributed by atoms with Crippen molar-refractivity contribution in [3.8, 4) is 23.1 Å². The summed E-state index contributed by atoms with van der Waals surface area (Å²) in [6.45, 7) is 7.60. The van der Waals surface area contributed by atoms with Gasteiger partial charge in [-0.3, -0.25) is 4.90 Å². The fourth-order valence-corrected chi connectivity index (χ4v) is 4.27. The topological polar surface area (TPSA) is 59.8 Å². The zero-order valence-electron chi connectivity index (χ0n) is 21.6. The first kappa shape index (κ1) is 26.2. The van der Waals surface area contributed by atoms with Crippen LogP contribution in [0.25, 0.3) is 5.69 Å². The molecule has 0 amide bonds. The van der Waals surface area contributed by atoms with E-state index in [0.717, 1.165) is 29.1 Å². The van der Waals surface area contributed by atoms with Gasteiger partial charge in [-0.15, -0.1) is 6.58 Å². The van der Waals surface area contributed by atoms with E-state index in [4.69, 9.17) is 14.6 Å². The lowest BCUT2D eigenvalue weighted by molar-refractivity contribution is 0.0978. The number of aliphatic hydroxyl groups is 1. The fraction of sp³-hybridized carbons (Fsp3) is 0.258. The summed E-state index contributed by atoms with van der Waals surface area (Å²) < 4.78 is 13.6. The summed E-state index contributed by atoms with van der Waals surface area (Å²) >= 11 is 0. The molecule has 0 spiro atoms. The average Bonchev–Trinajstić information content (AvgIpc) is 3.23. The van der Waals surface area contributed by atoms with Crippen LogP contribution in [0.1, 0.15) is 29.7 Å². The summed E-state index contributed by atoms with van der Waals surface area (Å²) in [6, 6.07) is 27.8. The average molecular weight is 498 g/mol. The van der Waals surface area contributed by atoms with E-state index in [1.807, 2.05) is 90.5 Å². The van der Waals surface area contributed by atoms with Crippen molar-refractivity contribution in [3.63, 3.8) is 0 Å². The second-order valence-electron chi connectivity index (χ2n) is 9.07. The molecule has 6 heteroatoms. The minimum absolute atomic E-state index is 0.461. The van der Waals surface area contributed by atoms with E-state index in [9.17, 15) is 5.11 Å². The number of aliphatic hydroxyl groups excluding tert-OH is 1. The fourth-order valence-electron chi connectivity index (χ4n) is 4.27. The van der Waals surface area contributed by atoms with E-state index in [-0.39, 0.29) is 0 Å². The largest absolute Gasteiger partial charge is 0.497 e. The van der Waals surface area contributed by atoms with Gasteiger partial charge >= 0.3 is 0 Å². The third-order valence-electron chi connectivity index (χ3n) is 6.22. The number of rotatable bonds is 13. The Labute approximate surface area is 219 Å². The molecule has 4 rings (SSSR count). The van der Waals surface area contributed by atoms with Gasteiger partial charge in [-0.1, -0.05) is 54.6 Å². The van der Waals surface area contributed by atoms with Gasteiger partial charge in [-0.2, -0.15) is 5.10 Å². The summed E-state index contributed by atoms with van der Waals surface area (Å²) in [5, 5.41) is 15.6. The first-order chi connectivity index (χ1) is 18.1. The molecule has 0 fully saturated rings. The van der Waals surface area contributed by atoms with Crippen molar-refractivity contribution in [1.29, 1.82) is 0 Å². The Balaban J connectivity index is 1.69. The van der Waals surface area contributed by atoms with E-state index in [1.165, 1.54) is 5.56 Å². The maximum atomic E-state index is 10.8. The molecule has 0 saturated carbocycles. The van der Waals surface area contributed by atoms with Gasteiger partial charge in [0.25, 0.3) is 0 Å². The molecule has 1 N–H and O–H groups in total. The number of ether oxygens (including phenoxy) is 2. The van der Waals surface area contributed by atoms with Crippen molar-refractivity contribution in [2.75, 3.05) is 13.7 Å². The predicted octanol–water partition coefficient (Wildman–Crippen LogP) is 6.31. The molecule has 0 aliphatic carbocycles. The van der Waals surface area contributed by atoms with Crippen molar-refractivity contribution < 1.29 is 14.6 Å². The van der Waals surface area contributed by atoms with Crippen LogP contribution in [0.15, 0.2) is 97.6 Å². The SMILES string of the molecule is C=CCC[C@H](O)CN(Cc1ccccc1)Cc1c(C)nn(-c2ccccc2)c1Oc1ccc(OC)cc1. The van der Waals surface area contributed by atoms with Gasteiger partial charge in [0.05, 0.1) is 30.2 Å². The summed E-state index contributed by atoms with van der Waals surface area (Å²) in [6.07, 6.45) is 2.83. The van der Waals surface area contributed by atoms with Crippen molar-refractivity contribution in [2.45, 2.75) is 39.0 Å². The van der Waals surface area contributed by atoms with Crippen molar-refractivity contribution in [3.05, 3.63) is 114 Å². The first-order valence-electron chi connectivity index (χ1n) is 12.6. The molecule has 1 atom stereocenters. The van der Waals surface area contributed by atoms with Crippen LogP contribution in [0.4, 0.5) is 0 Å². The van der Waals surface area contributed by atoms with E-state index < -0.39 is 6.10 Å². The van der Waals surface area contributed by atoms with Gasteiger partial charge in [0, 0.05) is 19.6 Å². The van der Waals surface area contributed by atoms with E-state index in [2.05, 4.69) is 23.6 Å². The van der Waals surface area contributed by atoms with Crippen LogP contribution < -0.4 is 9.47 Å². The van der Waals surface area contributed by atoms with Crippen LogP contribution in [0.2, 0.25) is 0 Å².